The summed E-state index contributed by atoms with van der Waals surface area (Å²) in [6.45, 7) is 0. The Bertz CT molecular complexity index is 904. The lowest BCUT2D eigenvalue weighted by molar-refractivity contribution is 0.103. The third kappa shape index (κ3) is 3.37. The quantitative estimate of drug-likeness (QED) is 0.588. The molecular weight excluding hydrogens is 336 g/mol. The van der Waals surface area contributed by atoms with Crippen molar-refractivity contribution in [2.45, 2.75) is 0 Å². The van der Waals surface area contributed by atoms with Crippen LogP contribution in [0.1, 0.15) is 15.9 Å². The Labute approximate surface area is 151 Å². The van der Waals surface area contributed by atoms with Crippen molar-refractivity contribution < 1.29 is 14.3 Å². The Morgan fingerprint density at radius 1 is 0.800 bits per heavy atom. The molecule has 126 valence electrons. The molecule has 0 N–H and O–H groups in total. The first-order valence-corrected chi connectivity index (χ1v) is 8.14. The molecule has 0 saturated heterocycles. The fraction of sp³-hybridized carbons (Fsp3) is 0.0952. The van der Waals surface area contributed by atoms with Gasteiger partial charge in [0.15, 0.2) is 17.3 Å². The Kier molecular flexibility index (Phi) is 5.05. The molecule has 0 saturated carbocycles. The Balaban J connectivity index is 2.25. The summed E-state index contributed by atoms with van der Waals surface area (Å²) in [6.07, 6.45) is 0. The maximum absolute atomic E-state index is 13.1. The zero-order valence-corrected chi connectivity index (χ0v) is 14.7. The molecule has 0 unspecified atom stereocenters. The molecule has 0 aromatic heterocycles. The van der Waals surface area contributed by atoms with Gasteiger partial charge in [0.2, 0.25) is 0 Å². The highest BCUT2D eigenvalue weighted by Gasteiger charge is 2.20. The van der Waals surface area contributed by atoms with Gasteiger partial charge in [-0.2, -0.15) is 0 Å². The van der Waals surface area contributed by atoms with Crippen LogP contribution in [-0.2, 0) is 0 Å². The first-order chi connectivity index (χ1) is 12.2. The molecule has 0 aliphatic carbocycles. The molecule has 0 aliphatic rings. The van der Waals surface area contributed by atoms with Crippen LogP contribution in [-0.4, -0.2) is 20.0 Å². The van der Waals surface area contributed by atoms with Crippen LogP contribution in [0.25, 0.3) is 11.1 Å². The third-order valence-electron chi connectivity index (χ3n) is 3.97. The molecule has 0 radical (unpaired) electrons. The van der Waals surface area contributed by atoms with E-state index in [9.17, 15) is 4.79 Å². The number of methoxy groups -OCH3 is 2. The number of hydrogen-bond acceptors (Lipinski definition) is 3. The zero-order valence-electron chi connectivity index (χ0n) is 14.0. The van der Waals surface area contributed by atoms with Crippen molar-refractivity contribution in [2.75, 3.05) is 14.2 Å². The van der Waals surface area contributed by atoms with Gasteiger partial charge in [-0.3, -0.25) is 4.79 Å². The summed E-state index contributed by atoms with van der Waals surface area (Å²) >= 11 is 6.37. The van der Waals surface area contributed by atoms with Crippen LogP contribution in [0.5, 0.6) is 11.5 Å². The third-order valence-corrected chi connectivity index (χ3v) is 4.30. The normalized spacial score (nSPS) is 10.4. The van der Waals surface area contributed by atoms with Crippen LogP contribution in [0.4, 0.5) is 0 Å². The second kappa shape index (κ2) is 7.41. The van der Waals surface area contributed by atoms with E-state index in [2.05, 4.69) is 0 Å². The van der Waals surface area contributed by atoms with Gasteiger partial charge in [0, 0.05) is 21.7 Å². The number of ketones is 1. The molecule has 0 amide bonds. The largest absolute Gasteiger partial charge is 0.493 e. The molecular formula is C21H17ClO3. The number of carbonyl (C=O) groups excluding carboxylic acids is 1. The highest BCUT2D eigenvalue weighted by atomic mass is 35.5. The van der Waals surface area contributed by atoms with E-state index < -0.39 is 0 Å². The number of benzene rings is 3. The van der Waals surface area contributed by atoms with Crippen LogP contribution < -0.4 is 9.47 Å². The SMILES string of the molecule is COc1cc(C(=O)c2ccccc2)c(-c2ccccc2Cl)cc1OC. The summed E-state index contributed by atoms with van der Waals surface area (Å²) in [5.74, 6) is 0.941. The standard InChI is InChI=1S/C21H17ClO3/c1-24-19-12-16(15-10-6-7-11-18(15)22)17(13-20(19)25-2)21(23)14-8-4-3-5-9-14/h3-13H,1-2H3. The second-order valence-electron chi connectivity index (χ2n) is 5.43. The van der Waals surface area contributed by atoms with Crippen molar-refractivity contribution in [2.24, 2.45) is 0 Å². The summed E-state index contributed by atoms with van der Waals surface area (Å²) in [4.78, 5) is 13.1. The minimum atomic E-state index is -0.100. The van der Waals surface area contributed by atoms with E-state index in [1.54, 1.807) is 44.6 Å². The van der Waals surface area contributed by atoms with E-state index >= 15 is 0 Å². The highest BCUT2D eigenvalue weighted by molar-refractivity contribution is 6.33. The molecule has 4 heteroatoms. The van der Waals surface area contributed by atoms with Crippen LogP contribution in [0.15, 0.2) is 66.7 Å². The fourth-order valence-corrected chi connectivity index (χ4v) is 2.95. The van der Waals surface area contributed by atoms with Crippen molar-refractivity contribution >= 4 is 17.4 Å². The number of hydrogen-bond donors (Lipinski definition) is 0. The average molecular weight is 353 g/mol. The molecule has 3 rings (SSSR count). The average Bonchev–Trinajstić information content (AvgIpc) is 2.67. The van der Waals surface area contributed by atoms with Gasteiger partial charge in [-0.15, -0.1) is 0 Å². The van der Waals surface area contributed by atoms with Crippen LogP contribution in [0.3, 0.4) is 0 Å². The second-order valence-corrected chi connectivity index (χ2v) is 5.83. The summed E-state index contributed by atoms with van der Waals surface area (Å²) < 4.78 is 10.8. The predicted molar refractivity (Wildman–Crippen MR) is 99.9 cm³/mol. The molecule has 3 aromatic carbocycles. The van der Waals surface area contributed by atoms with Gasteiger partial charge in [-0.05, 0) is 23.8 Å². The van der Waals surface area contributed by atoms with Gasteiger partial charge >= 0.3 is 0 Å². The first-order valence-electron chi connectivity index (χ1n) is 7.76. The number of carbonyl (C=O) groups is 1. The maximum atomic E-state index is 13.1. The molecule has 0 atom stereocenters. The van der Waals surface area contributed by atoms with E-state index in [0.717, 1.165) is 5.56 Å². The van der Waals surface area contributed by atoms with Crippen LogP contribution >= 0.6 is 11.6 Å². The molecule has 3 aromatic rings. The molecule has 0 spiro atoms. The van der Waals surface area contributed by atoms with Crippen LogP contribution in [0.2, 0.25) is 5.02 Å². The molecule has 3 nitrogen and oxygen atoms in total. The van der Waals surface area contributed by atoms with Crippen molar-refractivity contribution in [3.63, 3.8) is 0 Å². The van der Waals surface area contributed by atoms with E-state index in [1.807, 2.05) is 36.4 Å². The Morgan fingerprint density at radius 3 is 2.04 bits per heavy atom. The monoisotopic (exact) mass is 352 g/mol. The topological polar surface area (TPSA) is 35.5 Å². The molecule has 25 heavy (non-hydrogen) atoms. The smallest absolute Gasteiger partial charge is 0.193 e. The van der Waals surface area contributed by atoms with Gasteiger partial charge in [-0.1, -0.05) is 60.1 Å². The summed E-state index contributed by atoms with van der Waals surface area (Å²) in [6, 6.07) is 20.0. The fourth-order valence-electron chi connectivity index (χ4n) is 2.71. The minimum absolute atomic E-state index is 0.100. The predicted octanol–water partition coefficient (Wildman–Crippen LogP) is 5.26. The Morgan fingerprint density at radius 2 is 1.40 bits per heavy atom. The highest BCUT2D eigenvalue weighted by Crippen LogP contribution is 2.39. The number of halogens is 1. The molecule has 0 aliphatic heterocycles. The maximum Gasteiger partial charge on any atom is 0.193 e. The van der Waals surface area contributed by atoms with E-state index in [4.69, 9.17) is 21.1 Å². The van der Waals surface area contributed by atoms with Crippen molar-refractivity contribution in [3.05, 3.63) is 82.9 Å². The van der Waals surface area contributed by atoms with Crippen molar-refractivity contribution in [1.82, 2.24) is 0 Å². The number of ether oxygens (including phenoxy) is 2. The lowest BCUT2D eigenvalue weighted by Crippen LogP contribution is -2.05. The van der Waals surface area contributed by atoms with E-state index in [1.165, 1.54) is 0 Å². The lowest BCUT2D eigenvalue weighted by atomic mass is 9.93. The van der Waals surface area contributed by atoms with Crippen LogP contribution in [0, 0.1) is 0 Å². The van der Waals surface area contributed by atoms with Gasteiger partial charge in [0.25, 0.3) is 0 Å². The summed E-state index contributed by atoms with van der Waals surface area (Å²) in [5.41, 5.74) is 2.58. The van der Waals surface area contributed by atoms with Gasteiger partial charge in [-0.25, -0.2) is 0 Å². The summed E-state index contributed by atoms with van der Waals surface area (Å²) in [7, 11) is 3.11. The zero-order chi connectivity index (χ0) is 17.8. The van der Waals surface area contributed by atoms with Gasteiger partial charge < -0.3 is 9.47 Å². The van der Waals surface area contributed by atoms with Gasteiger partial charge in [0.1, 0.15) is 0 Å². The Hall–Kier alpha value is -2.78. The summed E-state index contributed by atoms with van der Waals surface area (Å²) in [5, 5.41) is 0.567. The van der Waals surface area contributed by atoms with Crippen molar-refractivity contribution in [3.8, 4) is 22.6 Å². The molecule has 0 fully saturated rings. The first kappa shape index (κ1) is 17.1. The number of rotatable bonds is 5. The molecule has 0 heterocycles. The van der Waals surface area contributed by atoms with E-state index in [-0.39, 0.29) is 5.78 Å². The lowest BCUT2D eigenvalue weighted by Gasteiger charge is -2.15. The van der Waals surface area contributed by atoms with Gasteiger partial charge in [0.05, 0.1) is 14.2 Å². The molecule has 0 bridgehead atoms. The van der Waals surface area contributed by atoms with Crippen molar-refractivity contribution in [1.29, 1.82) is 0 Å². The van der Waals surface area contributed by atoms with E-state index in [0.29, 0.717) is 33.2 Å². The minimum Gasteiger partial charge on any atom is -0.493 e.